The predicted octanol–water partition coefficient (Wildman–Crippen LogP) is 2.26. The second kappa shape index (κ2) is 12.1. The summed E-state index contributed by atoms with van der Waals surface area (Å²) in [6.07, 6.45) is -3.78. The van der Waals surface area contributed by atoms with Crippen LogP contribution in [-0.2, 0) is 19.1 Å². The van der Waals surface area contributed by atoms with Gasteiger partial charge in [0.1, 0.15) is 18.8 Å². The lowest BCUT2D eigenvalue weighted by atomic mass is 9.98. The van der Waals surface area contributed by atoms with Crippen molar-refractivity contribution in [2.45, 2.75) is 31.1 Å². The maximum absolute atomic E-state index is 12.5. The molecule has 3 aromatic carbocycles. The summed E-state index contributed by atoms with van der Waals surface area (Å²) in [5, 5.41) is 12.3. The van der Waals surface area contributed by atoms with Gasteiger partial charge in [-0.2, -0.15) is 0 Å². The molecule has 4 amide bonds. The number of urea groups is 1. The van der Waals surface area contributed by atoms with E-state index in [-0.39, 0.29) is 12.5 Å². The lowest BCUT2D eigenvalue weighted by molar-refractivity contribution is -0.130. The Balaban J connectivity index is 1.29. The number of hydrazine groups is 1. The van der Waals surface area contributed by atoms with Crippen LogP contribution < -0.4 is 21.9 Å². The van der Waals surface area contributed by atoms with Gasteiger partial charge in [0, 0.05) is 5.92 Å². The van der Waals surface area contributed by atoms with Gasteiger partial charge in [0.05, 0.1) is 0 Å². The molecule has 4 rings (SSSR count). The van der Waals surface area contributed by atoms with Gasteiger partial charge in [0.15, 0.2) is 6.10 Å². The van der Waals surface area contributed by atoms with Crippen LogP contribution in [0, 0.1) is 0 Å². The molecule has 202 valence electrons. The van der Waals surface area contributed by atoms with Gasteiger partial charge in [-0.25, -0.2) is 15.0 Å². The smallest absolute Gasteiger partial charge is 0.433 e. The predicted molar refractivity (Wildman–Crippen MR) is 140 cm³/mol. The summed E-state index contributed by atoms with van der Waals surface area (Å²) in [6, 6.07) is 21.3. The summed E-state index contributed by atoms with van der Waals surface area (Å²) in [5.41, 5.74) is 13.9. The number of aliphatic hydroxyl groups is 1. The van der Waals surface area contributed by atoms with E-state index in [1.165, 1.54) is 19.1 Å². The average molecular weight is 533 g/mol. The Hall–Kier alpha value is -4.90. The summed E-state index contributed by atoms with van der Waals surface area (Å²) in [4.78, 5) is 48.8. The zero-order chi connectivity index (χ0) is 27.9. The quantitative estimate of drug-likeness (QED) is 0.219. The van der Waals surface area contributed by atoms with E-state index < -0.39 is 42.3 Å². The number of carbonyl (C=O) groups is 4. The van der Waals surface area contributed by atoms with Crippen LogP contribution in [0.15, 0.2) is 78.9 Å². The molecule has 0 aromatic heterocycles. The van der Waals surface area contributed by atoms with E-state index in [1.54, 1.807) is 18.2 Å². The molecule has 0 radical (unpaired) electrons. The highest BCUT2D eigenvalue weighted by Crippen LogP contribution is 2.44. The Labute approximate surface area is 224 Å². The fourth-order valence-electron chi connectivity index (χ4n) is 4.42. The number of aliphatic hydroxyl groups excluding tert-OH is 1. The van der Waals surface area contributed by atoms with E-state index in [1.807, 2.05) is 59.4 Å². The maximum atomic E-state index is 12.5. The van der Waals surface area contributed by atoms with Crippen molar-refractivity contribution in [3.8, 4) is 11.1 Å². The SMILES string of the molecule is CC(OC(=O)OCC1c2ccccc2-c2ccccc21)[C@H](NC(=O)NNC(=O)[C@H](O)c1ccccc1)C(N)=O. The Morgan fingerprint density at radius 2 is 1.44 bits per heavy atom. The van der Waals surface area contributed by atoms with Crippen LogP contribution in [-0.4, -0.2) is 47.9 Å². The number of hydrogen-bond donors (Lipinski definition) is 5. The average Bonchev–Trinajstić information content (AvgIpc) is 3.27. The summed E-state index contributed by atoms with van der Waals surface area (Å²) in [6.45, 7) is 1.36. The normalized spacial score (nSPS) is 14.1. The second-order valence-corrected chi connectivity index (χ2v) is 8.89. The highest BCUT2D eigenvalue weighted by atomic mass is 16.7. The van der Waals surface area contributed by atoms with Gasteiger partial charge in [0.2, 0.25) is 5.91 Å². The van der Waals surface area contributed by atoms with Gasteiger partial charge >= 0.3 is 12.2 Å². The van der Waals surface area contributed by atoms with E-state index in [4.69, 9.17) is 15.2 Å². The summed E-state index contributed by atoms with van der Waals surface area (Å²) in [7, 11) is 0. The highest BCUT2D eigenvalue weighted by Gasteiger charge is 2.32. The van der Waals surface area contributed by atoms with Crippen LogP contribution in [0.2, 0.25) is 0 Å². The van der Waals surface area contributed by atoms with Crippen molar-refractivity contribution in [1.82, 2.24) is 16.2 Å². The molecule has 0 saturated heterocycles. The first-order chi connectivity index (χ1) is 18.8. The largest absolute Gasteiger partial charge is 0.508 e. The monoisotopic (exact) mass is 532 g/mol. The number of rotatable bonds is 8. The zero-order valence-corrected chi connectivity index (χ0v) is 21.0. The topological polar surface area (TPSA) is 169 Å². The molecule has 1 aliphatic rings. The lowest BCUT2D eigenvalue weighted by Gasteiger charge is -2.23. The minimum Gasteiger partial charge on any atom is -0.433 e. The number of ether oxygens (including phenoxy) is 2. The third-order valence-electron chi connectivity index (χ3n) is 6.34. The molecule has 0 bridgehead atoms. The van der Waals surface area contributed by atoms with E-state index in [2.05, 4.69) is 5.32 Å². The molecule has 0 fully saturated rings. The molecule has 3 atom stereocenters. The van der Waals surface area contributed by atoms with E-state index in [9.17, 15) is 24.3 Å². The molecule has 0 heterocycles. The maximum Gasteiger partial charge on any atom is 0.508 e. The van der Waals surface area contributed by atoms with Crippen molar-refractivity contribution in [2.75, 3.05) is 6.61 Å². The van der Waals surface area contributed by atoms with Crippen LogP contribution in [0.1, 0.15) is 35.6 Å². The number of primary amides is 1. The van der Waals surface area contributed by atoms with Crippen LogP contribution in [0.5, 0.6) is 0 Å². The number of nitrogens with one attached hydrogen (secondary N) is 3. The highest BCUT2D eigenvalue weighted by molar-refractivity contribution is 5.88. The Bertz CT molecular complexity index is 1320. The molecule has 0 aliphatic heterocycles. The van der Waals surface area contributed by atoms with Crippen molar-refractivity contribution < 1.29 is 33.8 Å². The lowest BCUT2D eigenvalue weighted by Crippen LogP contribution is -2.57. The Morgan fingerprint density at radius 3 is 2.03 bits per heavy atom. The first-order valence-corrected chi connectivity index (χ1v) is 12.2. The number of nitrogens with two attached hydrogens (primary N) is 1. The van der Waals surface area contributed by atoms with Crippen LogP contribution in [0.3, 0.4) is 0 Å². The molecule has 0 saturated carbocycles. The molecular weight excluding hydrogens is 504 g/mol. The molecule has 11 nitrogen and oxygen atoms in total. The molecule has 39 heavy (non-hydrogen) atoms. The minimum atomic E-state index is -1.53. The van der Waals surface area contributed by atoms with Gasteiger partial charge in [0.25, 0.3) is 5.91 Å². The summed E-state index contributed by atoms with van der Waals surface area (Å²) >= 11 is 0. The summed E-state index contributed by atoms with van der Waals surface area (Å²) < 4.78 is 10.6. The molecule has 3 aromatic rings. The van der Waals surface area contributed by atoms with Crippen molar-refractivity contribution >= 4 is 24.0 Å². The molecule has 6 N–H and O–H groups in total. The Morgan fingerprint density at radius 1 is 0.872 bits per heavy atom. The van der Waals surface area contributed by atoms with E-state index in [0.29, 0.717) is 5.56 Å². The van der Waals surface area contributed by atoms with Gasteiger partial charge in [-0.1, -0.05) is 78.9 Å². The van der Waals surface area contributed by atoms with Crippen LogP contribution in [0.25, 0.3) is 11.1 Å². The number of fused-ring (bicyclic) bond motifs is 3. The molecule has 1 unspecified atom stereocenters. The van der Waals surface area contributed by atoms with E-state index >= 15 is 0 Å². The second-order valence-electron chi connectivity index (χ2n) is 8.89. The fourth-order valence-corrected chi connectivity index (χ4v) is 4.42. The first kappa shape index (κ1) is 27.1. The van der Waals surface area contributed by atoms with Crippen LogP contribution in [0.4, 0.5) is 9.59 Å². The van der Waals surface area contributed by atoms with Gasteiger partial charge in [-0.3, -0.25) is 15.0 Å². The third kappa shape index (κ3) is 6.33. The van der Waals surface area contributed by atoms with Crippen molar-refractivity contribution in [2.24, 2.45) is 5.73 Å². The first-order valence-electron chi connectivity index (χ1n) is 12.2. The number of hydrogen-bond acceptors (Lipinski definition) is 7. The minimum absolute atomic E-state index is 0.00447. The third-order valence-corrected chi connectivity index (χ3v) is 6.34. The van der Waals surface area contributed by atoms with Gasteiger partial charge in [-0.15, -0.1) is 0 Å². The van der Waals surface area contributed by atoms with Crippen molar-refractivity contribution in [1.29, 1.82) is 0 Å². The number of benzene rings is 3. The van der Waals surface area contributed by atoms with Crippen LogP contribution >= 0.6 is 0 Å². The van der Waals surface area contributed by atoms with E-state index in [0.717, 1.165) is 22.3 Å². The zero-order valence-electron chi connectivity index (χ0n) is 21.0. The fraction of sp³-hybridized carbons (Fsp3) is 0.214. The molecule has 0 spiro atoms. The summed E-state index contributed by atoms with van der Waals surface area (Å²) in [5.74, 6) is -2.08. The molecule has 1 aliphatic carbocycles. The van der Waals surface area contributed by atoms with Gasteiger partial charge < -0.3 is 25.6 Å². The number of amides is 4. The standard InChI is InChI=1S/C28H28N4O7/c1-16(23(25(29)34)30-27(36)32-31-26(35)24(33)17-9-3-2-4-10-17)39-28(37)38-15-22-20-13-7-5-11-18(20)19-12-6-8-14-21(19)22/h2-14,16,22-24,33H,15H2,1H3,(H2,29,34)(H,31,35)(H2,30,32,36)/t16?,23-,24+/m0/s1. The van der Waals surface area contributed by atoms with Crippen molar-refractivity contribution in [3.63, 3.8) is 0 Å². The Kier molecular flexibility index (Phi) is 8.42. The number of carbonyl (C=O) groups excluding carboxylic acids is 4. The van der Waals surface area contributed by atoms with Gasteiger partial charge in [-0.05, 0) is 34.7 Å². The molecule has 11 heteroatoms. The molecular formula is C28H28N4O7. The van der Waals surface area contributed by atoms with Crippen molar-refractivity contribution in [3.05, 3.63) is 95.6 Å².